The Bertz CT molecular complexity index is 372. The van der Waals surface area contributed by atoms with E-state index in [9.17, 15) is 0 Å². The molecule has 0 bridgehead atoms. The maximum atomic E-state index is 5.91. The number of nitrogens with one attached hydrogen (secondary N) is 1. The van der Waals surface area contributed by atoms with E-state index < -0.39 is 0 Å². The maximum Gasteiger partial charge on any atom is 0.0469 e. The number of ether oxygens (including phenoxy) is 1. The summed E-state index contributed by atoms with van der Waals surface area (Å²) in [6.45, 7) is 6.10. The second-order valence-electron chi connectivity index (χ2n) is 4.90. The Labute approximate surface area is 103 Å². The lowest BCUT2D eigenvalue weighted by molar-refractivity contribution is 0.0622. The van der Waals surface area contributed by atoms with Crippen molar-refractivity contribution in [2.24, 2.45) is 5.92 Å². The van der Waals surface area contributed by atoms with Crippen molar-refractivity contribution < 1.29 is 4.74 Å². The highest BCUT2D eigenvalue weighted by Crippen LogP contribution is 2.25. The molecule has 1 aromatic rings. The van der Waals surface area contributed by atoms with Crippen LogP contribution in [-0.4, -0.2) is 19.3 Å². The molecule has 1 aromatic carbocycles. The summed E-state index contributed by atoms with van der Waals surface area (Å²) in [4.78, 5) is 0. The molecule has 0 saturated carbocycles. The summed E-state index contributed by atoms with van der Waals surface area (Å²) in [6.07, 6.45) is 2.30. The smallest absolute Gasteiger partial charge is 0.0469 e. The molecule has 0 aliphatic carbocycles. The van der Waals surface area contributed by atoms with E-state index in [1.54, 1.807) is 0 Å². The van der Waals surface area contributed by atoms with E-state index in [1.807, 2.05) is 12.1 Å². The van der Waals surface area contributed by atoms with Crippen LogP contribution in [0.25, 0.3) is 0 Å². The van der Waals surface area contributed by atoms with Gasteiger partial charge in [-0.25, -0.2) is 0 Å². The van der Waals surface area contributed by atoms with Crippen LogP contribution >= 0.6 is 0 Å². The van der Waals surface area contributed by atoms with Crippen molar-refractivity contribution in [3.63, 3.8) is 0 Å². The number of nitrogens with two attached hydrogens (primary N) is 1. The van der Waals surface area contributed by atoms with Crippen LogP contribution in [0.2, 0.25) is 0 Å². The molecule has 94 valence electrons. The Balaban J connectivity index is 2.01. The van der Waals surface area contributed by atoms with Crippen LogP contribution in [0.5, 0.6) is 0 Å². The van der Waals surface area contributed by atoms with E-state index in [-0.39, 0.29) is 0 Å². The van der Waals surface area contributed by atoms with Gasteiger partial charge in [-0.15, -0.1) is 0 Å². The van der Waals surface area contributed by atoms with Crippen LogP contribution in [0.1, 0.15) is 25.3 Å². The molecule has 1 atom stereocenters. The van der Waals surface area contributed by atoms with Gasteiger partial charge in [0, 0.05) is 30.6 Å². The maximum absolute atomic E-state index is 5.91. The van der Waals surface area contributed by atoms with Crippen LogP contribution in [0.15, 0.2) is 18.2 Å². The molecule has 1 aliphatic rings. The summed E-state index contributed by atoms with van der Waals surface area (Å²) in [7, 11) is 0. The summed E-state index contributed by atoms with van der Waals surface area (Å²) in [5, 5.41) is 3.59. The summed E-state index contributed by atoms with van der Waals surface area (Å²) in [5.41, 5.74) is 9.07. The minimum atomic E-state index is 0.472. The number of hydrogen-bond acceptors (Lipinski definition) is 3. The lowest BCUT2D eigenvalue weighted by Gasteiger charge is -2.29. The number of nitrogen functional groups attached to an aromatic ring is 1. The Morgan fingerprint density at radius 1 is 1.35 bits per heavy atom. The quantitative estimate of drug-likeness (QED) is 0.791. The molecule has 1 saturated heterocycles. The van der Waals surface area contributed by atoms with Gasteiger partial charge in [0.25, 0.3) is 0 Å². The average molecular weight is 234 g/mol. The van der Waals surface area contributed by atoms with Crippen molar-refractivity contribution in [2.45, 2.75) is 32.7 Å². The minimum absolute atomic E-state index is 0.472. The van der Waals surface area contributed by atoms with Crippen LogP contribution in [0, 0.1) is 12.8 Å². The zero-order valence-electron chi connectivity index (χ0n) is 10.7. The van der Waals surface area contributed by atoms with Gasteiger partial charge in [-0.3, -0.25) is 0 Å². The van der Waals surface area contributed by atoms with Gasteiger partial charge in [-0.2, -0.15) is 0 Å². The van der Waals surface area contributed by atoms with E-state index >= 15 is 0 Å². The fourth-order valence-electron chi connectivity index (χ4n) is 2.39. The third-order valence-corrected chi connectivity index (χ3v) is 3.73. The van der Waals surface area contributed by atoms with Crippen molar-refractivity contribution in [1.82, 2.24) is 0 Å². The molecule has 17 heavy (non-hydrogen) atoms. The molecule has 3 nitrogen and oxygen atoms in total. The van der Waals surface area contributed by atoms with Crippen LogP contribution in [0.4, 0.5) is 11.4 Å². The summed E-state index contributed by atoms with van der Waals surface area (Å²) >= 11 is 0. The molecule has 1 aliphatic heterocycles. The molecule has 2 rings (SSSR count). The summed E-state index contributed by atoms with van der Waals surface area (Å²) in [6, 6.07) is 6.52. The molecule has 0 amide bonds. The fraction of sp³-hybridized carbons (Fsp3) is 0.571. The third kappa shape index (κ3) is 2.91. The van der Waals surface area contributed by atoms with Crippen LogP contribution < -0.4 is 11.1 Å². The molecule has 3 heteroatoms. The molecule has 3 N–H and O–H groups in total. The Morgan fingerprint density at radius 2 is 2.06 bits per heavy atom. The van der Waals surface area contributed by atoms with E-state index in [0.717, 1.165) is 43.0 Å². The number of anilines is 2. The molecule has 1 fully saturated rings. The fourth-order valence-corrected chi connectivity index (χ4v) is 2.39. The van der Waals surface area contributed by atoms with Gasteiger partial charge in [0.1, 0.15) is 0 Å². The minimum Gasteiger partial charge on any atom is -0.398 e. The van der Waals surface area contributed by atoms with Gasteiger partial charge in [0.05, 0.1) is 0 Å². The van der Waals surface area contributed by atoms with E-state index in [0.29, 0.717) is 12.0 Å². The first-order valence-corrected chi connectivity index (χ1v) is 6.38. The summed E-state index contributed by atoms with van der Waals surface area (Å²) in [5.74, 6) is 0.699. The Hall–Kier alpha value is -1.22. The zero-order valence-corrected chi connectivity index (χ0v) is 10.7. The Morgan fingerprint density at radius 3 is 2.76 bits per heavy atom. The van der Waals surface area contributed by atoms with Crippen molar-refractivity contribution in [1.29, 1.82) is 0 Å². The first kappa shape index (κ1) is 12.2. The standard InChI is InChI=1S/C14H22N2O/c1-10-13(15)4-3-5-14(10)16-11(2)12-6-8-17-9-7-12/h3-5,11-12,16H,6-9,15H2,1-2H3. The normalized spacial score (nSPS) is 18.9. The molecular formula is C14H22N2O. The number of rotatable bonds is 3. The van der Waals surface area contributed by atoms with Gasteiger partial charge in [-0.1, -0.05) is 6.07 Å². The van der Waals surface area contributed by atoms with Gasteiger partial charge >= 0.3 is 0 Å². The average Bonchev–Trinajstić information content (AvgIpc) is 2.36. The largest absolute Gasteiger partial charge is 0.398 e. The second kappa shape index (κ2) is 5.41. The molecule has 0 aromatic heterocycles. The van der Waals surface area contributed by atoms with Gasteiger partial charge in [0.2, 0.25) is 0 Å². The lowest BCUT2D eigenvalue weighted by atomic mass is 9.92. The first-order valence-electron chi connectivity index (χ1n) is 6.38. The zero-order chi connectivity index (χ0) is 12.3. The lowest BCUT2D eigenvalue weighted by Crippen LogP contribution is -2.31. The number of hydrogen-bond donors (Lipinski definition) is 2. The summed E-state index contributed by atoms with van der Waals surface area (Å²) < 4.78 is 5.40. The van der Waals surface area contributed by atoms with Gasteiger partial charge in [0.15, 0.2) is 0 Å². The topological polar surface area (TPSA) is 47.3 Å². The van der Waals surface area contributed by atoms with E-state index in [4.69, 9.17) is 10.5 Å². The van der Waals surface area contributed by atoms with Gasteiger partial charge in [-0.05, 0) is 50.3 Å². The van der Waals surface area contributed by atoms with E-state index in [2.05, 4.69) is 25.2 Å². The highest BCUT2D eigenvalue weighted by molar-refractivity contribution is 5.63. The SMILES string of the molecule is Cc1c(N)cccc1NC(C)C1CCOCC1. The molecule has 0 radical (unpaired) electrons. The monoisotopic (exact) mass is 234 g/mol. The highest BCUT2D eigenvalue weighted by atomic mass is 16.5. The van der Waals surface area contributed by atoms with Crippen molar-refractivity contribution in [3.8, 4) is 0 Å². The van der Waals surface area contributed by atoms with E-state index in [1.165, 1.54) is 0 Å². The molecule has 1 unspecified atom stereocenters. The van der Waals surface area contributed by atoms with Gasteiger partial charge < -0.3 is 15.8 Å². The first-order chi connectivity index (χ1) is 8.18. The third-order valence-electron chi connectivity index (χ3n) is 3.73. The molecule has 0 spiro atoms. The number of benzene rings is 1. The van der Waals surface area contributed by atoms with Crippen molar-refractivity contribution in [2.75, 3.05) is 24.3 Å². The molecule has 1 heterocycles. The predicted molar refractivity (Wildman–Crippen MR) is 72.2 cm³/mol. The van der Waals surface area contributed by atoms with Crippen LogP contribution in [-0.2, 0) is 4.74 Å². The second-order valence-corrected chi connectivity index (χ2v) is 4.90. The van der Waals surface area contributed by atoms with Crippen LogP contribution in [0.3, 0.4) is 0 Å². The van der Waals surface area contributed by atoms with Crippen molar-refractivity contribution >= 4 is 11.4 Å². The predicted octanol–water partition coefficient (Wildman–Crippen LogP) is 2.80. The van der Waals surface area contributed by atoms with Crippen molar-refractivity contribution in [3.05, 3.63) is 23.8 Å². The molecular weight excluding hydrogens is 212 g/mol. The highest BCUT2D eigenvalue weighted by Gasteiger charge is 2.20. The Kier molecular flexibility index (Phi) is 3.89.